The van der Waals surface area contributed by atoms with Crippen molar-refractivity contribution in [3.63, 3.8) is 0 Å². The number of hydrogen-bond acceptors (Lipinski definition) is 0. The molecule has 1 fully saturated rings. The summed E-state index contributed by atoms with van der Waals surface area (Å²) in [6.45, 7) is 12.7. The Morgan fingerprint density at radius 3 is 1.62 bits per heavy atom. The first-order valence-corrected chi connectivity index (χ1v) is 6.29. The van der Waals surface area contributed by atoms with E-state index in [0.717, 1.165) is 11.8 Å². The lowest BCUT2D eigenvalue weighted by molar-refractivity contribution is 0.419. The summed E-state index contributed by atoms with van der Waals surface area (Å²) in [5.74, 6) is 2.01. The van der Waals surface area contributed by atoms with E-state index >= 15 is 0 Å². The van der Waals surface area contributed by atoms with E-state index in [9.17, 15) is 0 Å². The molecule has 0 heterocycles. The molecule has 0 radical (unpaired) electrons. The van der Waals surface area contributed by atoms with E-state index in [2.05, 4.69) is 13.8 Å². The van der Waals surface area contributed by atoms with Gasteiger partial charge in [0.2, 0.25) is 0 Å². The Hall–Kier alpha value is 0. The van der Waals surface area contributed by atoms with Gasteiger partial charge < -0.3 is 0 Å². The summed E-state index contributed by atoms with van der Waals surface area (Å²) in [5, 5.41) is 0. The molecule has 82 valence electrons. The van der Waals surface area contributed by atoms with Crippen LogP contribution in [0.3, 0.4) is 0 Å². The summed E-state index contributed by atoms with van der Waals surface area (Å²) >= 11 is 0. The van der Waals surface area contributed by atoms with Crippen LogP contribution in [0, 0.1) is 11.8 Å². The molecule has 0 aromatic heterocycles. The monoisotopic (exact) mass is 186 g/mol. The maximum atomic E-state index is 2.33. The van der Waals surface area contributed by atoms with Gasteiger partial charge in [0.25, 0.3) is 0 Å². The van der Waals surface area contributed by atoms with Gasteiger partial charge in [-0.15, -0.1) is 0 Å². The Kier molecular flexibility index (Phi) is 14.3. The Bertz CT molecular complexity index is 68.1. The van der Waals surface area contributed by atoms with Crippen molar-refractivity contribution in [2.24, 2.45) is 11.8 Å². The Balaban J connectivity index is 0. The Labute approximate surface area is 86.1 Å². The van der Waals surface area contributed by atoms with E-state index in [1.165, 1.54) is 32.1 Å². The quantitative estimate of drug-likeness (QED) is 0.551. The van der Waals surface area contributed by atoms with Gasteiger partial charge in [-0.3, -0.25) is 0 Å². The molecule has 0 nitrogen and oxygen atoms in total. The van der Waals surface area contributed by atoms with Crippen LogP contribution in [-0.2, 0) is 0 Å². The fourth-order valence-corrected chi connectivity index (χ4v) is 1.91. The van der Waals surface area contributed by atoms with Gasteiger partial charge in [-0.25, -0.2) is 0 Å². The van der Waals surface area contributed by atoms with Crippen LogP contribution in [0.5, 0.6) is 0 Å². The summed E-state index contributed by atoms with van der Waals surface area (Å²) in [5.41, 5.74) is 0. The van der Waals surface area contributed by atoms with Crippen molar-refractivity contribution < 1.29 is 0 Å². The Morgan fingerprint density at radius 1 is 0.923 bits per heavy atom. The molecule has 0 saturated heterocycles. The lowest BCUT2D eigenvalue weighted by Gasteiger charge is -2.10. The average Bonchev–Trinajstić information content (AvgIpc) is 2.63. The van der Waals surface area contributed by atoms with Crippen LogP contribution in [0.1, 0.15) is 73.6 Å². The first kappa shape index (κ1) is 15.5. The van der Waals surface area contributed by atoms with E-state index < -0.39 is 0 Å². The van der Waals surface area contributed by atoms with Gasteiger partial charge in [-0.2, -0.15) is 0 Å². The molecule has 13 heavy (non-hydrogen) atoms. The fourth-order valence-electron chi connectivity index (χ4n) is 1.91. The second-order valence-corrected chi connectivity index (χ2v) is 3.78. The normalized spacial score (nSPS) is 15.9. The molecule has 0 atom stereocenters. The first-order chi connectivity index (χ1) is 6.29. The van der Waals surface area contributed by atoms with Gasteiger partial charge in [0.05, 0.1) is 0 Å². The minimum Gasteiger partial charge on any atom is -0.0683 e. The van der Waals surface area contributed by atoms with Gasteiger partial charge in [0.1, 0.15) is 0 Å². The number of hydrogen-bond donors (Lipinski definition) is 0. The summed E-state index contributed by atoms with van der Waals surface area (Å²) in [6.07, 6.45) is 7.49. The summed E-state index contributed by atoms with van der Waals surface area (Å²) in [7, 11) is 0. The molecule has 0 unspecified atom stereocenters. The van der Waals surface area contributed by atoms with Gasteiger partial charge in [0.15, 0.2) is 0 Å². The van der Waals surface area contributed by atoms with Gasteiger partial charge in [0, 0.05) is 0 Å². The third-order valence-electron chi connectivity index (χ3n) is 2.28. The van der Waals surface area contributed by atoms with Crippen molar-refractivity contribution in [2.45, 2.75) is 73.6 Å². The molecule has 0 aromatic carbocycles. The van der Waals surface area contributed by atoms with Crippen LogP contribution < -0.4 is 0 Å². The molecule has 0 N–H and O–H groups in total. The van der Waals surface area contributed by atoms with Gasteiger partial charge >= 0.3 is 0 Å². The van der Waals surface area contributed by atoms with E-state index in [4.69, 9.17) is 0 Å². The lowest BCUT2D eigenvalue weighted by atomic mass is 9.96. The zero-order valence-corrected chi connectivity index (χ0v) is 10.7. The molecule has 0 aliphatic heterocycles. The molecule has 1 saturated carbocycles. The van der Waals surface area contributed by atoms with Crippen LogP contribution in [0.15, 0.2) is 0 Å². The van der Waals surface area contributed by atoms with Crippen molar-refractivity contribution in [1.82, 2.24) is 0 Å². The van der Waals surface area contributed by atoms with Crippen LogP contribution in [0.4, 0.5) is 0 Å². The van der Waals surface area contributed by atoms with E-state index in [1.807, 2.05) is 27.7 Å². The first-order valence-electron chi connectivity index (χ1n) is 6.29. The predicted molar refractivity (Wildman–Crippen MR) is 64.1 cm³/mol. The molecule has 0 aromatic rings. The van der Waals surface area contributed by atoms with Crippen LogP contribution in [0.25, 0.3) is 0 Å². The highest BCUT2D eigenvalue weighted by molar-refractivity contribution is 4.67. The molecule has 0 heteroatoms. The molecule has 0 spiro atoms. The van der Waals surface area contributed by atoms with Crippen molar-refractivity contribution in [1.29, 1.82) is 0 Å². The largest absolute Gasteiger partial charge is 0.0683 e. The third-order valence-corrected chi connectivity index (χ3v) is 2.28. The standard InChI is InChI=1S/C9H18.2C2H6/c1-8(2)7-9-5-3-4-6-9;2*1-2/h8-9H,3-7H2,1-2H3;2*1-2H3. The van der Waals surface area contributed by atoms with E-state index in [0.29, 0.717) is 0 Å². The molecule has 0 amide bonds. The predicted octanol–water partition coefficient (Wildman–Crippen LogP) is 5.28. The summed E-state index contributed by atoms with van der Waals surface area (Å²) in [6, 6.07) is 0. The Morgan fingerprint density at radius 2 is 1.31 bits per heavy atom. The minimum atomic E-state index is 0.924. The maximum Gasteiger partial charge on any atom is -0.0412 e. The highest BCUT2D eigenvalue weighted by atomic mass is 14.2. The third kappa shape index (κ3) is 9.92. The number of rotatable bonds is 2. The smallest absolute Gasteiger partial charge is 0.0412 e. The molecular formula is C13H30. The fraction of sp³-hybridized carbons (Fsp3) is 1.00. The zero-order chi connectivity index (χ0) is 10.7. The van der Waals surface area contributed by atoms with Crippen molar-refractivity contribution in [3.05, 3.63) is 0 Å². The molecule has 1 aliphatic carbocycles. The van der Waals surface area contributed by atoms with Crippen LogP contribution in [0.2, 0.25) is 0 Å². The SMILES string of the molecule is CC.CC.CC(C)CC1CCCC1. The van der Waals surface area contributed by atoms with Crippen molar-refractivity contribution >= 4 is 0 Å². The average molecular weight is 186 g/mol. The lowest BCUT2D eigenvalue weighted by Crippen LogP contribution is -1.98. The van der Waals surface area contributed by atoms with Crippen molar-refractivity contribution in [3.8, 4) is 0 Å². The van der Waals surface area contributed by atoms with Gasteiger partial charge in [-0.05, 0) is 18.3 Å². The topological polar surface area (TPSA) is 0 Å². The highest BCUT2D eigenvalue weighted by Crippen LogP contribution is 2.29. The molecular weight excluding hydrogens is 156 g/mol. The molecule has 1 aliphatic rings. The van der Waals surface area contributed by atoms with Gasteiger partial charge in [-0.1, -0.05) is 67.2 Å². The second-order valence-electron chi connectivity index (χ2n) is 3.78. The summed E-state index contributed by atoms with van der Waals surface area (Å²) < 4.78 is 0. The highest BCUT2D eigenvalue weighted by Gasteiger charge is 2.15. The molecule has 1 rings (SSSR count). The van der Waals surface area contributed by atoms with Crippen molar-refractivity contribution in [2.75, 3.05) is 0 Å². The zero-order valence-electron chi connectivity index (χ0n) is 10.7. The van der Waals surface area contributed by atoms with Crippen LogP contribution in [-0.4, -0.2) is 0 Å². The summed E-state index contributed by atoms with van der Waals surface area (Å²) in [4.78, 5) is 0. The second kappa shape index (κ2) is 12.0. The minimum absolute atomic E-state index is 0.924. The molecule has 0 bridgehead atoms. The van der Waals surface area contributed by atoms with E-state index in [1.54, 1.807) is 0 Å². The maximum absolute atomic E-state index is 2.33. The van der Waals surface area contributed by atoms with E-state index in [-0.39, 0.29) is 0 Å². The van der Waals surface area contributed by atoms with Crippen LogP contribution >= 0.6 is 0 Å².